The quantitative estimate of drug-likeness (QED) is 0.676. The van der Waals surface area contributed by atoms with Crippen molar-refractivity contribution in [3.8, 4) is 11.5 Å². The molecule has 2 aromatic carbocycles. The van der Waals surface area contributed by atoms with E-state index in [9.17, 15) is 9.59 Å². The van der Waals surface area contributed by atoms with Gasteiger partial charge in [0, 0.05) is 22.9 Å². The highest BCUT2D eigenvalue weighted by molar-refractivity contribution is 8.02. The number of carbonyl (C=O) groups is 2. The lowest BCUT2D eigenvalue weighted by Crippen LogP contribution is -2.56. The van der Waals surface area contributed by atoms with E-state index in [0.717, 1.165) is 17.7 Å². The number of fused-ring (bicyclic) bond motifs is 2. The molecule has 6 rings (SSSR count). The highest BCUT2D eigenvalue weighted by Crippen LogP contribution is 2.61. The number of hydrogen-bond acceptors (Lipinski definition) is 5. The number of benzene rings is 2. The Bertz CT molecular complexity index is 1150. The van der Waals surface area contributed by atoms with Crippen molar-refractivity contribution in [2.75, 3.05) is 28.8 Å². The first kappa shape index (κ1) is 19.0. The standard InChI is InChI=1S/C24H24N2O4S/c1-14-12-23(2,3)26-21-16(14)5-4-6-17(21)24(22(26)28)25(20(27)13-31-24)15-7-8-18-19(11-15)30-10-9-29-18/h4-8,11,14H,9-10,12-13H2,1-3H3/t14-,24+/m0/s1. The zero-order valence-electron chi connectivity index (χ0n) is 17.8. The summed E-state index contributed by atoms with van der Waals surface area (Å²) in [4.78, 5) is 30.0. The van der Waals surface area contributed by atoms with Gasteiger partial charge >= 0.3 is 0 Å². The van der Waals surface area contributed by atoms with Gasteiger partial charge in [-0.3, -0.25) is 14.5 Å². The molecule has 0 unspecified atom stereocenters. The molecule has 4 aliphatic rings. The Balaban J connectivity index is 1.57. The lowest BCUT2D eigenvalue weighted by Gasteiger charge is -2.44. The van der Waals surface area contributed by atoms with Gasteiger partial charge in [0.2, 0.25) is 10.8 Å². The number of carbonyl (C=O) groups excluding carboxylic acids is 2. The molecule has 4 heterocycles. The summed E-state index contributed by atoms with van der Waals surface area (Å²) in [6.07, 6.45) is 0.883. The largest absolute Gasteiger partial charge is 0.486 e. The van der Waals surface area contributed by atoms with Gasteiger partial charge in [-0.2, -0.15) is 0 Å². The molecule has 0 saturated carbocycles. The molecular formula is C24H24N2O4S. The van der Waals surface area contributed by atoms with E-state index in [1.165, 1.54) is 17.3 Å². The van der Waals surface area contributed by atoms with Gasteiger partial charge in [0.1, 0.15) is 13.2 Å². The van der Waals surface area contributed by atoms with Gasteiger partial charge in [0.25, 0.3) is 5.91 Å². The molecule has 7 heteroatoms. The van der Waals surface area contributed by atoms with Gasteiger partial charge in [-0.1, -0.05) is 25.1 Å². The Morgan fingerprint density at radius 3 is 2.61 bits per heavy atom. The molecule has 2 amide bonds. The average molecular weight is 437 g/mol. The zero-order chi connectivity index (χ0) is 21.5. The fourth-order valence-electron chi connectivity index (χ4n) is 5.70. The van der Waals surface area contributed by atoms with Crippen LogP contribution in [-0.2, 0) is 14.5 Å². The van der Waals surface area contributed by atoms with Gasteiger partial charge in [0.15, 0.2) is 11.5 Å². The van der Waals surface area contributed by atoms with E-state index in [1.54, 1.807) is 4.90 Å². The first-order chi connectivity index (χ1) is 14.8. The predicted molar refractivity (Wildman–Crippen MR) is 120 cm³/mol. The molecule has 31 heavy (non-hydrogen) atoms. The van der Waals surface area contributed by atoms with Gasteiger partial charge in [-0.15, -0.1) is 11.8 Å². The highest BCUT2D eigenvalue weighted by Gasteiger charge is 2.64. The predicted octanol–water partition coefficient (Wildman–Crippen LogP) is 4.02. The molecule has 1 spiro atoms. The summed E-state index contributed by atoms with van der Waals surface area (Å²) < 4.78 is 11.4. The number of ether oxygens (including phenoxy) is 2. The van der Waals surface area contributed by atoms with Crippen molar-refractivity contribution in [1.29, 1.82) is 0 Å². The summed E-state index contributed by atoms with van der Waals surface area (Å²) in [6, 6.07) is 11.7. The topological polar surface area (TPSA) is 59.1 Å². The number of para-hydroxylation sites is 1. The summed E-state index contributed by atoms with van der Waals surface area (Å²) >= 11 is 1.42. The highest BCUT2D eigenvalue weighted by atomic mass is 32.2. The number of nitrogens with zero attached hydrogens (tertiary/aromatic N) is 2. The molecule has 1 saturated heterocycles. The van der Waals surface area contributed by atoms with E-state index in [-0.39, 0.29) is 23.1 Å². The number of thioether (sulfide) groups is 1. The maximum absolute atomic E-state index is 14.2. The maximum atomic E-state index is 14.2. The lowest BCUT2D eigenvalue weighted by molar-refractivity contribution is -0.124. The third-order valence-electron chi connectivity index (χ3n) is 6.84. The second-order valence-corrected chi connectivity index (χ2v) is 10.5. The number of amides is 2. The van der Waals surface area contributed by atoms with Crippen LogP contribution in [0.5, 0.6) is 11.5 Å². The van der Waals surface area contributed by atoms with E-state index in [1.807, 2.05) is 35.2 Å². The molecule has 0 bridgehead atoms. The molecule has 6 nitrogen and oxygen atoms in total. The molecule has 160 valence electrons. The fraction of sp³-hybridized carbons (Fsp3) is 0.417. The number of anilines is 2. The Labute approximate surface area is 185 Å². The molecule has 0 radical (unpaired) electrons. The van der Waals surface area contributed by atoms with E-state index in [4.69, 9.17) is 9.47 Å². The summed E-state index contributed by atoms with van der Waals surface area (Å²) in [7, 11) is 0. The second kappa shape index (κ2) is 6.19. The summed E-state index contributed by atoms with van der Waals surface area (Å²) in [5.74, 6) is 1.77. The van der Waals surface area contributed by atoms with Crippen molar-refractivity contribution >= 4 is 35.0 Å². The number of rotatable bonds is 1. The van der Waals surface area contributed by atoms with Crippen LogP contribution >= 0.6 is 11.8 Å². The van der Waals surface area contributed by atoms with Crippen molar-refractivity contribution in [3.63, 3.8) is 0 Å². The molecule has 0 N–H and O–H groups in total. The van der Waals surface area contributed by atoms with Crippen LogP contribution in [0.4, 0.5) is 11.4 Å². The molecule has 2 aromatic rings. The Hall–Kier alpha value is -2.67. The van der Waals surface area contributed by atoms with Gasteiger partial charge in [-0.05, 0) is 43.9 Å². The van der Waals surface area contributed by atoms with Gasteiger partial charge in [0.05, 0.1) is 11.4 Å². The third-order valence-corrected chi connectivity index (χ3v) is 8.23. The molecule has 0 aliphatic carbocycles. The van der Waals surface area contributed by atoms with Crippen LogP contribution < -0.4 is 19.3 Å². The van der Waals surface area contributed by atoms with Crippen LogP contribution in [-0.4, -0.2) is 36.3 Å². The minimum atomic E-state index is -1.09. The van der Waals surface area contributed by atoms with Gasteiger partial charge < -0.3 is 14.4 Å². The molecule has 1 fully saturated rings. The number of hydrogen-bond donors (Lipinski definition) is 0. The van der Waals surface area contributed by atoms with Gasteiger partial charge in [-0.25, -0.2) is 0 Å². The van der Waals surface area contributed by atoms with Crippen molar-refractivity contribution in [2.45, 2.75) is 43.5 Å². The van der Waals surface area contributed by atoms with E-state index >= 15 is 0 Å². The maximum Gasteiger partial charge on any atom is 0.269 e. The molecule has 0 aromatic heterocycles. The monoisotopic (exact) mass is 436 g/mol. The molecule has 2 atom stereocenters. The van der Waals surface area contributed by atoms with Crippen molar-refractivity contribution in [3.05, 3.63) is 47.5 Å². The SMILES string of the molecule is C[C@H]1CC(C)(C)N2C(=O)[C@]3(SCC(=O)N3c3ccc4c(c3)OCCO4)c3cccc1c32. The zero-order valence-corrected chi connectivity index (χ0v) is 18.6. The van der Waals surface area contributed by atoms with E-state index in [0.29, 0.717) is 36.3 Å². The van der Waals surface area contributed by atoms with Crippen LogP contribution in [0.1, 0.15) is 44.2 Å². The molecular weight excluding hydrogens is 412 g/mol. The first-order valence-corrected chi connectivity index (χ1v) is 11.7. The van der Waals surface area contributed by atoms with Crippen LogP contribution in [0.3, 0.4) is 0 Å². The van der Waals surface area contributed by atoms with E-state index in [2.05, 4.69) is 26.8 Å². The summed E-state index contributed by atoms with van der Waals surface area (Å²) in [6.45, 7) is 7.43. The average Bonchev–Trinajstić information content (AvgIpc) is 3.22. The molecule has 4 aliphatic heterocycles. The third kappa shape index (κ3) is 2.35. The Kier molecular flexibility index (Phi) is 3.80. The smallest absolute Gasteiger partial charge is 0.269 e. The van der Waals surface area contributed by atoms with Crippen LogP contribution in [0.15, 0.2) is 36.4 Å². The lowest BCUT2D eigenvalue weighted by atomic mass is 9.80. The van der Waals surface area contributed by atoms with Crippen LogP contribution in [0.2, 0.25) is 0 Å². The first-order valence-electron chi connectivity index (χ1n) is 10.7. The van der Waals surface area contributed by atoms with Crippen LogP contribution in [0.25, 0.3) is 0 Å². The van der Waals surface area contributed by atoms with Crippen molar-refractivity contribution in [2.24, 2.45) is 0 Å². The fourth-order valence-corrected chi connectivity index (χ4v) is 7.03. The minimum absolute atomic E-state index is 0.0300. The normalized spacial score (nSPS) is 27.8. The van der Waals surface area contributed by atoms with Crippen LogP contribution in [0, 0.1) is 0 Å². The van der Waals surface area contributed by atoms with Crippen molar-refractivity contribution in [1.82, 2.24) is 0 Å². The van der Waals surface area contributed by atoms with Crippen molar-refractivity contribution < 1.29 is 19.1 Å². The summed E-state index contributed by atoms with van der Waals surface area (Å²) in [5.41, 5.74) is 3.43. The Morgan fingerprint density at radius 2 is 1.81 bits per heavy atom. The summed E-state index contributed by atoms with van der Waals surface area (Å²) in [5, 5.41) is 0. The Morgan fingerprint density at radius 1 is 1.03 bits per heavy atom. The van der Waals surface area contributed by atoms with E-state index < -0.39 is 4.87 Å². The minimum Gasteiger partial charge on any atom is -0.486 e. The second-order valence-electron chi connectivity index (χ2n) is 9.29.